The molecule has 1 N–H and O–H groups in total. The quantitative estimate of drug-likeness (QED) is 0.599. The lowest BCUT2D eigenvalue weighted by atomic mass is 10.4. The fraction of sp³-hybridized carbons (Fsp3) is 0.833. The van der Waals surface area contributed by atoms with E-state index < -0.39 is 6.09 Å². The number of hydrogen-bond donors (Lipinski definition) is 1. The first-order chi connectivity index (χ1) is 5.25. The van der Waals surface area contributed by atoms with Crippen LogP contribution in [0.4, 0.5) is 4.79 Å². The molecule has 1 aliphatic heterocycles. The van der Waals surface area contributed by atoms with Crippen molar-refractivity contribution >= 4 is 6.09 Å². The normalized spacial score (nSPS) is 18.6. The molecule has 1 amide bonds. The van der Waals surface area contributed by atoms with E-state index >= 15 is 0 Å². The van der Waals surface area contributed by atoms with E-state index in [9.17, 15) is 4.79 Å². The molecule has 1 aliphatic rings. The Labute approximate surface area is 65.1 Å². The van der Waals surface area contributed by atoms with Gasteiger partial charge in [-0.15, -0.1) is 5.17 Å². The molecule has 5 nitrogen and oxygen atoms in total. The van der Waals surface area contributed by atoms with E-state index in [1.165, 1.54) is 7.11 Å². The zero-order valence-corrected chi connectivity index (χ0v) is 6.49. The van der Waals surface area contributed by atoms with E-state index in [1.54, 1.807) is 5.01 Å². The van der Waals surface area contributed by atoms with Crippen molar-refractivity contribution in [3.8, 4) is 0 Å². The van der Waals surface area contributed by atoms with Gasteiger partial charge in [0.1, 0.15) is 0 Å². The molecule has 1 fully saturated rings. The minimum absolute atomic E-state index is 0.764. The molecule has 11 heavy (non-hydrogen) atoms. The Kier molecular flexibility index (Phi) is 2.67. The second-order valence-electron chi connectivity index (χ2n) is 2.40. The highest BCUT2D eigenvalue weighted by Gasteiger charge is 2.23. The maximum Gasteiger partial charge on any atom is 0.447 e. The summed E-state index contributed by atoms with van der Waals surface area (Å²) in [4.78, 5) is 15.1. The largest absolute Gasteiger partial charge is 0.462 e. The summed E-state index contributed by atoms with van der Waals surface area (Å²) in [6.45, 7) is 1.53. The van der Waals surface area contributed by atoms with Crippen LogP contribution in [0, 0.1) is 0 Å². The predicted octanol–water partition coefficient (Wildman–Crippen LogP) is 0.539. The number of carbonyl (C=O) groups is 1. The summed E-state index contributed by atoms with van der Waals surface area (Å²) in [7, 11) is 1.35. The topological polar surface area (TPSA) is 53.0 Å². The first-order valence-electron chi connectivity index (χ1n) is 3.57. The minimum atomic E-state index is -1.06. The fourth-order valence-corrected chi connectivity index (χ4v) is 1.20. The summed E-state index contributed by atoms with van der Waals surface area (Å²) in [5.41, 5.74) is 0. The van der Waals surface area contributed by atoms with Gasteiger partial charge in [-0.1, -0.05) is 0 Å². The van der Waals surface area contributed by atoms with Crippen molar-refractivity contribution < 1.29 is 14.7 Å². The van der Waals surface area contributed by atoms with Crippen LogP contribution in [0.1, 0.15) is 12.8 Å². The maximum atomic E-state index is 10.5. The van der Waals surface area contributed by atoms with Crippen molar-refractivity contribution in [2.45, 2.75) is 12.8 Å². The molecule has 0 aromatic carbocycles. The van der Waals surface area contributed by atoms with Gasteiger partial charge in [0.15, 0.2) is 0 Å². The molecule has 5 heteroatoms. The summed E-state index contributed by atoms with van der Waals surface area (Å²) >= 11 is 0. The van der Waals surface area contributed by atoms with Crippen LogP contribution in [0.15, 0.2) is 0 Å². The molecule has 0 unspecified atom stereocenters. The molecule has 1 rings (SSSR count). The number of nitrogens with zero attached hydrogens (tertiary/aromatic N) is 2. The molecule has 0 aromatic rings. The number of rotatable bonds is 2. The molecule has 0 saturated carbocycles. The third kappa shape index (κ3) is 1.81. The highest BCUT2D eigenvalue weighted by atomic mass is 16.7. The van der Waals surface area contributed by atoms with Crippen LogP contribution in [0.25, 0.3) is 0 Å². The Hall–Kier alpha value is -0.810. The van der Waals surface area contributed by atoms with E-state index in [4.69, 9.17) is 5.11 Å². The molecule has 0 atom stereocenters. The Bertz CT molecular complexity index is 145. The lowest BCUT2D eigenvalue weighted by Gasteiger charge is -2.25. The molecular formula is C6H12N2O3. The number of hydroxylamine groups is 1. The number of hydrogen-bond acceptors (Lipinski definition) is 3. The van der Waals surface area contributed by atoms with E-state index in [0.717, 1.165) is 31.1 Å². The van der Waals surface area contributed by atoms with Gasteiger partial charge in [0.25, 0.3) is 0 Å². The highest BCUT2D eigenvalue weighted by molar-refractivity contribution is 5.62. The van der Waals surface area contributed by atoms with Crippen LogP contribution in [-0.2, 0) is 4.84 Å². The fourth-order valence-electron chi connectivity index (χ4n) is 1.20. The third-order valence-electron chi connectivity index (χ3n) is 1.68. The monoisotopic (exact) mass is 160 g/mol. The number of hydrazine groups is 1. The van der Waals surface area contributed by atoms with Gasteiger partial charge in [0.05, 0.1) is 7.11 Å². The average Bonchev–Trinajstić information content (AvgIpc) is 2.40. The molecule has 0 radical (unpaired) electrons. The van der Waals surface area contributed by atoms with Crippen LogP contribution < -0.4 is 0 Å². The lowest BCUT2D eigenvalue weighted by molar-refractivity contribution is -0.226. The smallest absolute Gasteiger partial charge is 0.447 e. The molecule has 64 valence electrons. The molecule has 0 bridgehead atoms. The summed E-state index contributed by atoms with van der Waals surface area (Å²) in [5.74, 6) is 0. The zero-order chi connectivity index (χ0) is 8.27. The van der Waals surface area contributed by atoms with Gasteiger partial charge in [0, 0.05) is 13.1 Å². The third-order valence-corrected chi connectivity index (χ3v) is 1.68. The van der Waals surface area contributed by atoms with Crippen LogP contribution >= 0.6 is 0 Å². The molecule has 0 spiro atoms. The van der Waals surface area contributed by atoms with E-state index in [-0.39, 0.29) is 0 Å². The average molecular weight is 160 g/mol. The predicted molar refractivity (Wildman–Crippen MR) is 37.7 cm³/mol. The first-order valence-corrected chi connectivity index (χ1v) is 3.57. The van der Waals surface area contributed by atoms with Gasteiger partial charge in [-0.2, -0.15) is 5.01 Å². The van der Waals surface area contributed by atoms with Crippen molar-refractivity contribution in [2.24, 2.45) is 0 Å². The van der Waals surface area contributed by atoms with Crippen molar-refractivity contribution in [3.05, 3.63) is 0 Å². The van der Waals surface area contributed by atoms with Crippen molar-refractivity contribution in [1.29, 1.82) is 0 Å². The molecule has 1 heterocycles. The van der Waals surface area contributed by atoms with Gasteiger partial charge >= 0.3 is 6.09 Å². The maximum absolute atomic E-state index is 10.5. The molecule has 0 aromatic heterocycles. The second-order valence-corrected chi connectivity index (χ2v) is 2.40. The van der Waals surface area contributed by atoms with Gasteiger partial charge in [0.2, 0.25) is 0 Å². The van der Waals surface area contributed by atoms with Crippen molar-refractivity contribution in [3.63, 3.8) is 0 Å². The zero-order valence-electron chi connectivity index (χ0n) is 6.49. The highest BCUT2D eigenvalue weighted by Crippen LogP contribution is 2.10. The summed E-state index contributed by atoms with van der Waals surface area (Å²) in [6, 6.07) is 0. The first kappa shape index (κ1) is 8.29. The van der Waals surface area contributed by atoms with Gasteiger partial charge in [-0.05, 0) is 12.8 Å². The van der Waals surface area contributed by atoms with E-state index in [1.807, 2.05) is 0 Å². The van der Waals surface area contributed by atoms with Crippen LogP contribution in [-0.4, -0.2) is 41.6 Å². The Morgan fingerprint density at radius 1 is 1.55 bits per heavy atom. The van der Waals surface area contributed by atoms with Crippen LogP contribution in [0.3, 0.4) is 0 Å². The summed E-state index contributed by atoms with van der Waals surface area (Å²) in [5, 5.41) is 11.1. The number of amides is 1. The Balaban J connectivity index is 2.46. The summed E-state index contributed by atoms with van der Waals surface area (Å²) in [6.07, 6.45) is 1.01. The van der Waals surface area contributed by atoms with Crippen LogP contribution in [0.5, 0.6) is 0 Å². The van der Waals surface area contributed by atoms with Crippen LogP contribution in [0.2, 0.25) is 0 Å². The number of carboxylic acid groups (broad SMARTS) is 1. The Morgan fingerprint density at radius 3 is 2.45 bits per heavy atom. The lowest BCUT2D eigenvalue weighted by Crippen LogP contribution is -2.43. The van der Waals surface area contributed by atoms with E-state index in [2.05, 4.69) is 4.84 Å². The molecule has 1 saturated heterocycles. The van der Waals surface area contributed by atoms with Gasteiger partial charge in [-0.3, -0.25) is 4.84 Å². The molecule has 0 aliphatic carbocycles. The van der Waals surface area contributed by atoms with Gasteiger partial charge in [-0.25, -0.2) is 4.79 Å². The van der Waals surface area contributed by atoms with Gasteiger partial charge < -0.3 is 5.11 Å². The minimum Gasteiger partial charge on any atom is -0.462 e. The standard InChI is InChI=1S/C6H12N2O3/c1-11-8(6(9)10)7-4-2-3-5-7/h2-5H2,1H3,(H,9,10). The van der Waals surface area contributed by atoms with Crippen molar-refractivity contribution in [2.75, 3.05) is 20.2 Å². The SMILES string of the molecule is CON(C(=O)O)N1CCCC1. The van der Waals surface area contributed by atoms with E-state index in [0.29, 0.717) is 0 Å². The Morgan fingerprint density at radius 2 is 2.09 bits per heavy atom. The van der Waals surface area contributed by atoms with Crippen molar-refractivity contribution in [1.82, 2.24) is 10.2 Å². The molecular weight excluding hydrogens is 148 g/mol. The second kappa shape index (κ2) is 3.54. The summed E-state index contributed by atoms with van der Waals surface area (Å²) < 4.78 is 0.